The van der Waals surface area contributed by atoms with Gasteiger partial charge in [0, 0.05) is 18.2 Å². The number of ether oxygens (including phenoxy) is 1. The number of amides is 1. The summed E-state index contributed by atoms with van der Waals surface area (Å²) in [5, 5.41) is 2.50. The summed E-state index contributed by atoms with van der Waals surface area (Å²) in [6.07, 6.45) is -1.46. The molecule has 12 heteroatoms. The van der Waals surface area contributed by atoms with Crippen molar-refractivity contribution in [3.63, 3.8) is 0 Å². The number of hydrogen-bond acceptors (Lipinski definition) is 5. The first kappa shape index (κ1) is 26.7. The molecule has 0 saturated heterocycles. The molecule has 190 valence electrons. The molecular formula is C24H21F4N3O4S. The molecule has 0 aliphatic rings. The monoisotopic (exact) mass is 523 g/mol. The molecule has 3 rings (SSSR count). The molecule has 0 unspecified atom stereocenters. The lowest BCUT2D eigenvalue weighted by Gasteiger charge is -2.12. The topological polar surface area (TPSA) is 97.4 Å². The van der Waals surface area contributed by atoms with Crippen molar-refractivity contribution in [3.05, 3.63) is 94.9 Å². The minimum absolute atomic E-state index is 0.0298. The molecular weight excluding hydrogens is 502 g/mol. The van der Waals surface area contributed by atoms with Gasteiger partial charge in [0.15, 0.2) is 0 Å². The van der Waals surface area contributed by atoms with E-state index in [2.05, 4.69) is 10.3 Å². The Balaban J connectivity index is 1.69. The molecule has 2 N–H and O–H groups in total. The number of nitrogens with zero attached hydrogens (tertiary/aromatic N) is 1. The summed E-state index contributed by atoms with van der Waals surface area (Å²) in [4.78, 5) is 15.8. The SMILES string of the molecule is CS(=O)(=O)Nc1ccc(CNC(=O)/C=C/c2ccc(C(F)(F)F)nc2OCc2ccccc2)cc1F. The van der Waals surface area contributed by atoms with Gasteiger partial charge < -0.3 is 10.1 Å². The summed E-state index contributed by atoms with van der Waals surface area (Å²) in [6.45, 7) is -0.111. The average molecular weight is 524 g/mol. The third-order valence-electron chi connectivity index (χ3n) is 4.61. The van der Waals surface area contributed by atoms with Gasteiger partial charge in [0.05, 0.1) is 11.9 Å². The summed E-state index contributed by atoms with van der Waals surface area (Å²) < 4.78 is 83.4. The highest BCUT2D eigenvalue weighted by Crippen LogP contribution is 2.31. The molecule has 7 nitrogen and oxygen atoms in total. The minimum Gasteiger partial charge on any atom is -0.472 e. The smallest absolute Gasteiger partial charge is 0.433 e. The van der Waals surface area contributed by atoms with Crippen molar-refractivity contribution in [1.82, 2.24) is 10.3 Å². The summed E-state index contributed by atoms with van der Waals surface area (Å²) >= 11 is 0. The third kappa shape index (κ3) is 8.08. The number of anilines is 1. The third-order valence-corrected chi connectivity index (χ3v) is 5.20. The van der Waals surface area contributed by atoms with Crippen LogP contribution in [0.25, 0.3) is 6.08 Å². The van der Waals surface area contributed by atoms with Crippen molar-refractivity contribution in [3.8, 4) is 5.88 Å². The van der Waals surface area contributed by atoms with E-state index in [9.17, 15) is 30.8 Å². The predicted octanol–water partition coefficient (Wildman–Crippen LogP) is 4.52. The second-order valence-electron chi connectivity index (χ2n) is 7.60. The van der Waals surface area contributed by atoms with Crippen LogP contribution in [-0.4, -0.2) is 25.6 Å². The van der Waals surface area contributed by atoms with E-state index in [0.717, 1.165) is 36.1 Å². The number of pyridine rings is 1. The quantitative estimate of drug-likeness (QED) is 0.318. The van der Waals surface area contributed by atoms with Gasteiger partial charge in [0.1, 0.15) is 18.1 Å². The molecule has 0 atom stereocenters. The number of alkyl halides is 3. The number of carbonyl (C=O) groups is 1. The molecule has 0 radical (unpaired) electrons. The zero-order chi connectivity index (χ0) is 26.3. The Bertz CT molecular complexity index is 1360. The van der Waals surface area contributed by atoms with E-state index in [1.807, 2.05) is 4.72 Å². The number of rotatable bonds is 9. The maximum absolute atomic E-state index is 14.1. The lowest BCUT2D eigenvalue weighted by Crippen LogP contribution is -2.20. The first-order chi connectivity index (χ1) is 16.9. The van der Waals surface area contributed by atoms with Crippen molar-refractivity contribution in [1.29, 1.82) is 0 Å². The maximum Gasteiger partial charge on any atom is 0.433 e. The van der Waals surface area contributed by atoms with Gasteiger partial charge in [-0.05, 0) is 41.5 Å². The number of halogens is 4. The van der Waals surface area contributed by atoms with Crippen molar-refractivity contribution in [2.24, 2.45) is 0 Å². The van der Waals surface area contributed by atoms with E-state index in [0.29, 0.717) is 5.56 Å². The van der Waals surface area contributed by atoms with E-state index in [-0.39, 0.29) is 30.3 Å². The fraction of sp³-hybridized carbons (Fsp3) is 0.167. The van der Waals surface area contributed by atoms with Crippen molar-refractivity contribution < 1.29 is 35.5 Å². The van der Waals surface area contributed by atoms with Crippen LogP contribution in [0, 0.1) is 5.82 Å². The minimum atomic E-state index is -4.67. The zero-order valence-corrected chi connectivity index (χ0v) is 19.7. The Kier molecular flexibility index (Phi) is 8.30. The first-order valence-electron chi connectivity index (χ1n) is 10.4. The summed E-state index contributed by atoms with van der Waals surface area (Å²) in [6, 6.07) is 14.4. The van der Waals surface area contributed by atoms with Crippen LogP contribution in [0.2, 0.25) is 0 Å². The van der Waals surface area contributed by atoms with E-state index in [1.165, 1.54) is 18.2 Å². The van der Waals surface area contributed by atoms with Gasteiger partial charge in [-0.15, -0.1) is 0 Å². The number of sulfonamides is 1. The summed E-state index contributed by atoms with van der Waals surface area (Å²) in [5.41, 5.74) is -0.143. The second-order valence-corrected chi connectivity index (χ2v) is 9.35. The van der Waals surface area contributed by atoms with Gasteiger partial charge in [-0.3, -0.25) is 9.52 Å². The Morgan fingerprint density at radius 2 is 1.78 bits per heavy atom. The Morgan fingerprint density at radius 1 is 1.06 bits per heavy atom. The van der Waals surface area contributed by atoms with Crippen LogP contribution < -0.4 is 14.8 Å². The highest BCUT2D eigenvalue weighted by molar-refractivity contribution is 7.92. The molecule has 0 spiro atoms. The van der Waals surface area contributed by atoms with Gasteiger partial charge in [-0.2, -0.15) is 13.2 Å². The number of benzene rings is 2. The van der Waals surface area contributed by atoms with Gasteiger partial charge in [0.2, 0.25) is 21.8 Å². The number of carbonyl (C=O) groups excluding carboxylic acids is 1. The molecule has 0 fully saturated rings. The van der Waals surface area contributed by atoms with Crippen LogP contribution in [0.5, 0.6) is 5.88 Å². The van der Waals surface area contributed by atoms with Crippen LogP contribution in [0.15, 0.2) is 66.7 Å². The molecule has 2 aromatic carbocycles. The van der Waals surface area contributed by atoms with Crippen LogP contribution in [0.3, 0.4) is 0 Å². The van der Waals surface area contributed by atoms with Crippen LogP contribution in [0.4, 0.5) is 23.2 Å². The highest BCUT2D eigenvalue weighted by Gasteiger charge is 2.33. The van der Waals surface area contributed by atoms with E-state index < -0.39 is 33.6 Å². The number of nitrogens with one attached hydrogen (secondary N) is 2. The Morgan fingerprint density at radius 3 is 2.42 bits per heavy atom. The number of hydrogen-bond donors (Lipinski definition) is 2. The van der Waals surface area contributed by atoms with Gasteiger partial charge in [-0.25, -0.2) is 17.8 Å². The zero-order valence-electron chi connectivity index (χ0n) is 18.8. The van der Waals surface area contributed by atoms with Gasteiger partial charge >= 0.3 is 6.18 Å². The molecule has 1 aromatic heterocycles. The fourth-order valence-corrected chi connectivity index (χ4v) is 3.51. The highest BCUT2D eigenvalue weighted by atomic mass is 32.2. The average Bonchev–Trinajstić information content (AvgIpc) is 2.81. The summed E-state index contributed by atoms with van der Waals surface area (Å²) in [7, 11) is -3.65. The molecule has 0 saturated carbocycles. The second kappa shape index (κ2) is 11.2. The first-order valence-corrected chi connectivity index (χ1v) is 12.3. The molecule has 3 aromatic rings. The molecule has 0 aliphatic heterocycles. The van der Waals surface area contributed by atoms with Crippen LogP contribution in [-0.2, 0) is 34.1 Å². The summed E-state index contributed by atoms with van der Waals surface area (Å²) in [5.74, 6) is -1.73. The molecule has 1 amide bonds. The van der Waals surface area contributed by atoms with Crippen molar-refractivity contribution >= 4 is 27.7 Å². The van der Waals surface area contributed by atoms with Crippen molar-refractivity contribution in [2.45, 2.75) is 19.3 Å². The molecule has 36 heavy (non-hydrogen) atoms. The Labute approximate surface area is 204 Å². The molecule has 0 aliphatic carbocycles. The Hall–Kier alpha value is -3.93. The van der Waals surface area contributed by atoms with Gasteiger partial charge in [0.25, 0.3) is 0 Å². The van der Waals surface area contributed by atoms with Crippen molar-refractivity contribution in [2.75, 3.05) is 11.0 Å². The van der Waals surface area contributed by atoms with Crippen LogP contribution >= 0.6 is 0 Å². The molecule has 1 heterocycles. The fourth-order valence-electron chi connectivity index (χ4n) is 2.94. The van der Waals surface area contributed by atoms with E-state index in [1.54, 1.807) is 30.3 Å². The number of aromatic nitrogens is 1. The largest absolute Gasteiger partial charge is 0.472 e. The van der Waals surface area contributed by atoms with Gasteiger partial charge in [-0.1, -0.05) is 36.4 Å². The maximum atomic E-state index is 14.1. The van der Waals surface area contributed by atoms with E-state index >= 15 is 0 Å². The lowest BCUT2D eigenvalue weighted by atomic mass is 10.2. The normalized spacial score (nSPS) is 11.9. The van der Waals surface area contributed by atoms with E-state index in [4.69, 9.17) is 4.74 Å². The predicted molar refractivity (Wildman–Crippen MR) is 126 cm³/mol. The lowest BCUT2D eigenvalue weighted by molar-refractivity contribution is -0.141. The van der Waals surface area contributed by atoms with Crippen LogP contribution in [0.1, 0.15) is 22.4 Å². The molecule has 0 bridgehead atoms. The standard InChI is InChI=1S/C24H21F4N3O4S/c1-36(33,34)31-20-10-7-17(13-19(20)25)14-29-22(32)12-9-18-8-11-21(24(26,27)28)30-23(18)35-15-16-5-3-2-4-6-16/h2-13,31H,14-15H2,1H3,(H,29,32)/b12-9+.